The third-order valence-corrected chi connectivity index (χ3v) is 11.7. The van der Waals surface area contributed by atoms with E-state index in [1.165, 1.54) is 95.3 Å². The van der Waals surface area contributed by atoms with Crippen molar-refractivity contribution >= 4 is 84.6 Å². The molecule has 10 rings (SSSR count). The van der Waals surface area contributed by atoms with Crippen LogP contribution in [0.5, 0.6) is 0 Å². The van der Waals surface area contributed by atoms with Crippen molar-refractivity contribution < 1.29 is 0 Å². The molecule has 0 unspecified atom stereocenters. The van der Waals surface area contributed by atoms with Gasteiger partial charge in [0.2, 0.25) is 0 Å². The van der Waals surface area contributed by atoms with Crippen LogP contribution >= 0.6 is 22.7 Å². The van der Waals surface area contributed by atoms with Crippen LogP contribution in [0.3, 0.4) is 0 Å². The van der Waals surface area contributed by atoms with Crippen molar-refractivity contribution in [3.8, 4) is 33.4 Å². The standard InChI is InChI=1S/C44H26S2/c1-2-11-27(12-3-1)41-31-15-4-6-17-33(31)42(34-18-7-5-16-32(34)41)30-14-10-13-28(25-30)29-21-22-38-36(26-29)44-40(46-38)24-23-39-43(44)35-19-8-9-20-37(35)45-39/h1-26H. The van der Waals surface area contributed by atoms with Crippen LogP contribution < -0.4 is 0 Å². The fourth-order valence-corrected chi connectivity index (χ4v) is 9.68. The third-order valence-electron chi connectivity index (χ3n) is 9.45. The number of hydrogen-bond acceptors (Lipinski definition) is 2. The molecule has 10 aromatic rings. The highest BCUT2D eigenvalue weighted by Crippen LogP contribution is 2.47. The SMILES string of the molecule is c1ccc(-c2c3ccccc3c(-c3cccc(-c4ccc5sc6ccc7sc8ccccc8c7c6c5c4)c3)c3ccccc23)cc1. The first-order chi connectivity index (χ1) is 22.8. The number of rotatable bonds is 3. The lowest BCUT2D eigenvalue weighted by Gasteiger charge is -2.18. The zero-order chi connectivity index (χ0) is 30.2. The summed E-state index contributed by atoms with van der Waals surface area (Å²) in [6.45, 7) is 0. The van der Waals surface area contributed by atoms with Crippen molar-refractivity contribution in [2.45, 2.75) is 0 Å². The molecule has 0 nitrogen and oxygen atoms in total. The Labute approximate surface area is 274 Å². The van der Waals surface area contributed by atoms with E-state index in [9.17, 15) is 0 Å². The van der Waals surface area contributed by atoms with Crippen LogP contribution in [0, 0.1) is 0 Å². The smallest absolute Gasteiger partial charge is 0.0362 e. The summed E-state index contributed by atoms with van der Waals surface area (Å²) in [4.78, 5) is 0. The Bertz CT molecular complexity index is 2740. The summed E-state index contributed by atoms with van der Waals surface area (Å²) in [6.07, 6.45) is 0. The lowest BCUT2D eigenvalue weighted by Crippen LogP contribution is -1.91. The zero-order valence-electron chi connectivity index (χ0n) is 24.8. The van der Waals surface area contributed by atoms with Crippen LogP contribution in [-0.2, 0) is 0 Å². The van der Waals surface area contributed by atoms with E-state index in [1.54, 1.807) is 0 Å². The summed E-state index contributed by atoms with van der Waals surface area (Å²) in [7, 11) is 0. The largest absolute Gasteiger partial charge is 0.135 e. The quantitative estimate of drug-likeness (QED) is 0.173. The van der Waals surface area contributed by atoms with E-state index in [0.717, 1.165) is 0 Å². The Balaban J connectivity index is 1.21. The minimum Gasteiger partial charge on any atom is -0.135 e. The first kappa shape index (κ1) is 26.0. The highest BCUT2D eigenvalue weighted by molar-refractivity contribution is 7.28. The molecule has 0 spiro atoms. The van der Waals surface area contributed by atoms with Gasteiger partial charge in [0.25, 0.3) is 0 Å². The van der Waals surface area contributed by atoms with Gasteiger partial charge in [-0.05, 0) is 91.3 Å². The van der Waals surface area contributed by atoms with E-state index < -0.39 is 0 Å². The maximum absolute atomic E-state index is 2.42. The molecule has 0 fully saturated rings. The fourth-order valence-electron chi connectivity index (χ4n) is 7.47. The highest BCUT2D eigenvalue weighted by Gasteiger charge is 2.18. The van der Waals surface area contributed by atoms with Crippen molar-refractivity contribution in [3.05, 3.63) is 158 Å². The van der Waals surface area contributed by atoms with Crippen LogP contribution in [0.1, 0.15) is 0 Å². The van der Waals surface area contributed by atoms with Crippen molar-refractivity contribution in [1.82, 2.24) is 0 Å². The van der Waals surface area contributed by atoms with E-state index in [4.69, 9.17) is 0 Å². The maximum Gasteiger partial charge on any atom is 0.0362 e. The minimum absolute atomic E-state index is 1.24. The molecule has 0 aliphatic rings. The zero-order valence-corrected chi connectivity index (χ0v) is 26.5. The molecular weight excluding hydrogens is 593 g/mol. The van der Waals surface area contributed by atoms with Gasteiger partial charge in [-0.1, -0.05) is 121 Å². The minimum atomic E-state index is 1.24. The van der Waals surface area contributed by atoms with Crippen LogP contribution in [0.2, 0.25) is 0 Å². The summed E-state index contributed by atoms with van der Waals surface area (Å²) >= 11 is 3.79. The molecule has 0 radical (unpaired) electrons. The number of hydrogen-bond donors (Lipinski definition) is 0. The van der Waals surface area contributed by atoms with Gasteiger partial charge in [-0.15, -0.1) is 22.7 Å². The van der Waals surface area contributed by atoms with Crippen LogP contribution in [0.4, 0.5) is 0 Å². The average Bonchev–Trinajstić information content (AvgIpc) is 3.68. The Kier molecular flexibility index (Phi) is 5.72. The topological polar surface area (TPSA) is 0 Å². The van der Waals surface area contributed by atoms with Gasteiger partial charge in [0, 0.05) is 40.3 Å². The van der Waals surface area contributed by atoms with E-state index >= 15 is 0 Å². The normalized spacial score (nSPS) is 11.9. The molecule has 0 saturated heterocycles. The predicted molar refractivity (Wildman–Crippen MR) is 204 cm³/mol. The molecule has 8 aromatic carbocycles. The second kappa shape index (κ2) is 10.1. The fraction of sp³-hybridized carbons (Fsp3) is 0. The molecule has 214 valence electrons. The second-order valence-electron chi connectivity index (χ2n) is 12.0. The van der Waals surface area contributed by atoms with Gasteiger partial charge in [0.1, 0.15) is 0 Å². The van der Waals surface area contributed by atoms with Gasteiger partial charge in [-0.3, -0.25) is 0 Å². The van der Waals surface area contributed by atoms with Crippen LogP contribution in [0.15, 0.2) is 158 Å². The second-order valence-corrected chi connectivity index (χ2v) is 14.2. The molecule has 0 amide bonds. The number of fused-ring (bicyclic) bond motifs is 9. The van der Waals surface area contributed by atoms with Gasteiger partial charge in [0.05, 0.1) is 0 Å². The molecule has 2 aromatic heterocycles. The molecular formula is C44H26S2. The van der Waals surface area contributed by atoms with Gasteiger partial charge in [-0.2, -0.15) is 0 Å². The molecule has 0 atom stereocenters. The summed E-state index contributed by atoms with van der Waals surface area (Å²) in [5.74, 6) is 0. The molecule has 2 heterocycles. The molecule has 0 N–H and O–H groups in total. The van der Waals surface area contributed by atoms with Crippen molar-refractivity contribution in [2.24, 2.45) is 0 Å². The lowest BCUT2D eigenvalue weighted by molar-refractivity contribution is 1.63. The maximum atomic E-state index is 2.42. The summed E-state index contributed by atoms with van der Waals surface area (Å²) in [6, 6.07) is 58.3. The van der Waals surface area contributed by atoms with Gasteiger partial charge >= 0.3 is 0 Å². The first-order valence-corrected chi connectivity index (χ1v) is 17.3. The van der Waals surface area contributed by atoms with E-state index in [2.05, 4.69) is 158 Å². The van der Waals surface area contributed by atoms with Gasteiger partial charge in [-0.25, -0.2) is 0 Å². The summed E-state index contributed by atoms with van der Waals surface area (Å²) in [5.41, 5.74) is 7.57. The Morgan fingerprint density at radius 2 is 0.717 bits per heavy atom. The molecule has 0 saturated carbocycles. The molecule has 0 aliphatic heterocycles. The van der Waals surface area contributed by atoms with E-state index in [1.807, 2.05) is 22.7 Å². The Morgan fingerprint density at radius 1 is 0.261 bits per heavy atom. The lowest BCUT2D eigenvalue weighted by atomic mass is 9.85. The summed E-state index contributed by atoms with van der Waals surface area (Å²) < 4.78 is 5.41. The van der Waals surface area contributed by atoms with Crippen molar-refractivity contribution in [2.75, 3.05) is 0 Å². The average molecular weight is 619 g/mol. The van der Waals surface area contributed by atoms with Crippen LogP contribution in [-0.4, -0.2) is 0 Å². The molecule has 0 bridgehead atoms. The molecule has 46 heavy (non-hydrogen) atoms. The Morgan fingerprint density at radius 3 is 1.39 bits per heavy atom. The highest BCUT2D eigenvalue weighted by atomic mass is 32.1. The first-order valence-electron chi connectivity index (χ1n) is 15.7. The number of benzene rings is 8. The number of thiophene rings is 2. The van der Waals surface area contributed by atoms with E-state index in [-0.39, 0.29) is 0 Å². The van der Waals surface area contributed by atoms with Gasteiger partial charge < -0.3 is 0 Å². The van der Waals surface area contributed by atoms with Crippen molar-refractivity contribution in [1.29, 1.82) is 0 Å². The third kappa shape index (κ3) is 3.84. The Hall–Kier alpha value is -5.28. The predicted octanol–water partition coefficient (Wildman–Crippen LogP) is 13.7. The van der Waals surface area contributed by atoms with Gasteiger partial charge in [0.15, 0.2) is 0 Å². The van der Waals surface area contributed by atoms with Crippen LogP contribution in [0.25, 0.3) is 95.3 Å². The van der Waals surface area contributed by atoms with E-state index in [0.29, 0.717) is 0 Å². The van der Waals surface area contributed by atoms with Crippen molar-refractivity contribution in [3.63, 3.8) is 0 Å². The molecule has 2 heteroatoms. The monoisotopic (exact) mass is 618 g/mol. The molecule has 0 aliphatic carbocycles. The summed E-state index contributed by atoms with van der Waals surface area (Å²) in [5, 5.41) is 10.6.